The molecule has 1 aliphatic carbocycles. The third-order valence-corrected chi connectivity index (χ3v) is 3.79. The average Bonchev–Trinajstić information content (AvgIpc) is 3.25. The first-order valence-electron chi connectivity index (χ1n) is 7.61. The molecule has 0 radical (unpaired) electrons. The van der Waals surface area contributed by atoms with Crippen LogP contribution in [0.3, 0.4) is 0 Å². The van der Waals surface area contributed by atoms with E-state index in [9.17, 15) is 4.79 Å². The van der Waals surface area contributed by atoms with Gasteiger partial charge in [0.05, 0.1) is 12.8 Å². The van der Waals surface area contributed by atoms with E-state index in [1.54, 1.807) is 24.5 Å². The largest absolute Gasteiger partial charge is 0.475 e. The van der Waals surface area contributed by atoms with Crippen molar-refractivity contribution in [2.45, 2.75) is 25.7 Å². The number of aromatic nitrogens is 2. The van der Waals surface area contributed by atoms with Gasteiger partial charge >= 0.3 is 0 Å². The number of rotatable bonds is 6. The molecular weight excluding hydrogens is 282 g/mol. The molecule has 1 N–H and O–H groups in total. The third-order valence-electron chi connectivity index (χ3n) is 3.79. The van der Waals surface area contributed by atoms with Crippen LogP contribution in [0.1, 0.15) is 25.7 Å². The van der Waals surface area contributed by atoms with Crippen LogP contribution in [0, 0.1) is 5.92 Å². The molecule has 0 atom stereocenters. The Morgan fingerprint density at radius 2 is 2.14 bits per heavy atom. The molecule has 0 aliphatic heterocycles. The SMILES string of the molecule is O=C(NCCOc1ccc(-c2ccco2)nn1)C1CCCC1. The molecule has 2 aromatic rings. The van der Waals surface area contributed by atoms with E-state index in [0.29, 0.717) is 30.5 Å². The highest BCUT2D eigenvalue weighted by atomic mass is 16.5. The monoisotopic (exact) mass is 301 g/mol. The minimum atomic E-state index is 0.139. The van der Waals surface area contributed by atoms with Crippen molar-refractivity contribution < 1.29 is 13.9 Å². The number of carbonyl (C=O) groups is 1. The topological polar surface area (TPSA) is 77.2 Å². The number of hydrogen-bond donors (Lipinski definition) is 1. The van der Waals surface area contributed by atoms with E-state index in [0.717, 1.165) is 25.7 Å². The summed E-state index contributed by atoms with van der Waals surface area (Å²) in [6.07, 6.45) is 5.92. The molecule has 0 saturated heterocycles. The van der Waals surface area contributed by atoms with Gasteiger partial charge in [0.15, 0.2) is 5.76 Å². The Bertz CT molecular complexity index is 590. The first-order valence-corrected chi connectivity index (χ1v) is 7.61. The summed E-state index contributed by atoms with van der Waals surface area (Å²) in [5.74, 6) is 1.43. The lowest BCUT2D eigenvalue weighted by molar-refractivity contribution is -0.124. The van der Waals surface area contributed by atoms with Crippen molar-refractivity contribution in [3.8, 4) is 17.3 Å². The lowest BCUT2D eigenvalue weighted by atomic mass is 10.1. The molecule has 2 aromatic heterocycles. The Labute approximate surface area is 128 Å². The Morgan fingerprint density at radius 3 is 2.82 bits per heavy atom. The second-order valence-electron chi connectivity index (χ2n) is 5.35. The second kappa shape index (κ2) is 7.06. The number of nitrogens with zero attached hydrogens (tertiary/aromatic N) is 2. The number of ether oxygens (including phenoxy) is 1. The number of hydrogen-bond acceptors (Lipinski definition) is 5. The van der Waals surface area contributed by atoms with Gasteiger partial charge in [0, 0.05) is 12.0 Å². The fourth-order valence-corrected chi connectivity index (χ4v) is 2.61. The van der Waals surface area contributed by atoms with Crippen LogP contribution >= 0.6 is 0 Å². The van der Waals surface area contributed by atoms with E-state index in [-0.39, 0.29) is 11.8 Å². The summed E-state index contributed by atoms with van der Waals surface area (Å²) >= 11 is 0. The summed E-state index contributed by atoms with van der Waals surface area (Å²) in [4.78, 5) is 11.8. The lowest BCUT2D eigenvalue weighted by Crippen LogP contribution is -2.32. The fourth-order valence-electron chi connectivity index (χ4n) is 2.61. The van der Waals surface area contributed by atoms with Crippen LogP contribution in [0.5, 0.6) is 5.88 Å². The van der Waals surface area contributed by atoms with Crippen molar-refractivity contribution in [1.82, 2.24) is 15.5 Å². The Morgan fingerprint density at radius 1 is 1.27 bits per heavy atom. The highest BCUT2D eigenvalue weighted by molar-refractivity contribution is 5.78. The average molecular weight is 301 g/mol. The normalized spacial score (nSPS) is 14.9. The maximum Gasteiger partial charge on any atom is 0.233 e. The zero-order chi connectivity index (χ0) is 15.2. The molecule has 1 fully saturated rings. The Hall–Kier alpha value is -2.37. The predicted octanol–water partition coefficient (Wildman–Crippen LogP) is 2.42. The van der Waals surface area contributed by atoms with Gasteiger partial charge in [-0.15, -0.1) is 10.2 Å². The van der Waals surface area contributed by atoms with Gasteiger partial charge < -0.3 is 14.5 Å². The molecule has 116 valence electrons. The highest BCUT2D eigenvalue weighted by Crippen LogP contribution is 2.24. The molecule has 0 bridgehead atoms. The van der Waals surface area contributed by atoms with Crippen LogP contribution < -0.4 is 10.1 Å². The maximum absolute atomic E-state index is 11.8. The van der Waals surface area contributed by atoms with E-state index in [1.807, 2.05) is 6.07 Å². The van der Waals surface area contributed by atoms with Gasteiger partial charge in [-0.05, 0) is 31.0 Å². The molecule has 6 heteroatoms. The summed E-state index contributed by atoms with van der Waals surface area (Å²) in [6, 6.07) is 7.15. The number of furan rings is 1. The van der Waals surface area contributed by atoms with E-state index < -0.39 is 0 Å². The van der Waals surface area contributed by atoms with Gasteiger partial charge in [0.2, 0.25) is 11.8 Å². The summed E-state index contributed by atoms with van der Waals surface area (Å²) < 4.78 is 10.7. The first kappa shape index (κ1) is 14.6. The van der Waals surface area contributed by atoms with Crippen molar-refractivity contribution >= 4 is 5.91 Å². The van der Waals surface area contributed by atoms with Crippen LogP contribution in [-0.4, -0.2) is 29.3 Å². The maximum atomic E-state index is 11.8. The summed E-state index contributed by atoms with van der Waals surface area (Å²) in [7, 11) is 0. The quantitative estimate of drug-likeness (QED) is 0.829. The fraction of sp³-hybridized carbons (Fsp3) is 0.438. The van der Waals surface area contributed by atoms with Gasteiger partial charge in [-0.2, -0.15) is 0 Å². The standard InChI is InChI=1S/C16H19N3O3/c20-16(12-4-1-2-5-12)17-9-11-22-15-8-7-13(18-19-15)14-6-3-10-21-14/h3,6-8,10,12H,1-2,4-5,9,11H2,(H,17,20). The predicted molar refractivity (Wildman–Crippen MR) is 80.2 cm³/mol. The molecule has 1 saturated carbocycles. The lowest BCUT2D eigenvalue weighted by Gasteiger charge is -2.10. The van der Waals surface area contributed by atoms with E-state index >= 15 is 0 Å². The minimum Gasteiger partial charge on any atom is -0.475 e. The molecular formula is C16H19N3O3. The molecule has 0 aromatic carbocycles. The van der Waals surface area contributed by atoms with Crippen molar-refractivity contribution in [2.24, 2.45) is 5.92 Å². The van der Waals surface area contributed by atoms with Crippen LogP contribution in [0.25, 0.3) is 11.5 Å². The van der Waals surface area contributed by atoms with Crippen LogP contribution in [0.4, 0.5) is 0 Å². The van der Waals surface area contributed by atoms with Crippen molar-refractivity contribution in [3.63, 3.8) is 0 Å². The van der Waals surface area contributed by atoms with Gasteiger partial charge in [0.25, 0.3) is 0 Å². The smallest absolute Gasteiger partial charge is 0.233 e. The summed E-state index contributed by atoms with van der Waals surface area (Å²) in [5.41, 5.74) is 0.659. The molecule has 0 spiro atoms. The van der Waals surface area contributed by atoms with E-state index in [2.05, 4.69) is 15.5 Å². The van der Waals surface area contributed by atoms with Crippen molar-refractivity contribution in [2.75, 3.05) is 13.2 Å². The highest BCUT2D eigenvalue weighted by Gasteiger charge is 2.21. The second-order valence-corrected chi connectivity index (χ2v) is 5.35. The molecule has 22 heavy (non-hydrogen) atoms. The Balaban J connectivity index is 1.41. The number of carbonyl (C=O) groups excluding carboxylic acids is 1. The van der Waals surface area contributed by atoms with E-state index in [4.69, 9.17) is 9.15 Å². The van der Waals surface area contributed by atoms with Gasteiger partial charge in [-0.25, -0.2) is 0 Å². The zero-order valence-corrected chi connectivity index (χ0v) is 12.3. The molecule has 1 aliphatic rings. The van der Waals surface area contributed by atoms with Crippen molar-refractivity contribution in [3.05, 3.63) is 30.5 Å². The first-order chi connectivity index (χ1) is 10.8. The van der Waals surface area contributed by atoms with E-state index in [1.165, 1.54) is 0 Å². The molecule has 1 amide bonds. The molecule has 2 heterocycles. The zero-order valence-electron chi connectivity index (χ0n) is 12.3. The molecule has 0 unspecified atom stereocenters. The van der Waals surface area contributed by atoms with Gasteiger partial charge in [-0.3, -0.25) is 4.79 Å². The third kappa shape index (κ3) is 3.63. The number of nitrogens with one attached hydrogen (secondary N) is 1. The van der Waals surface area contributed by atoms with Crippen molar-refractivity contribution in [1.29, 1.82) is 0 Å². The Kier molecular flexibility index (Phi) is 4.68. The molecule has 6 nitrogen and oxygen atoms in total. The minimum absolute atomic E-state index is 0.139. The van der Waals surface area contributed by atoms with Crippen LogP contribution in [0.2, 0.25) is 0 Å². The van der Waals surface area contributed by atoms with Crippen LogP contribution in [-0.2, 0) is 4.79 Å². The summed E-state index contributed by atoms with van der Waals surface area (Å²) in [5, 5.41) is 10.9. The van der Waals surface area contributed by atoms with Gasteiger partial charge in [-0.1, -0.05) is 12.8 Å². The van der Waals surface area contributed by atoms with Gasteiger partial charge in [0.1, 0.15) is 12.3 Å². The number of amides is 1. The van der Waals surface area contributed by atoms with Crippen LogP contribution in [0.15, 0.2) is 34.9 Å². The molecule has 3 rings (SSSR count). The summed E-state index contributed by atoms with van der Waals surface area (Å²) in [6.45, 7) is 0.865.